The quantitative estimate of drug-likeness (QED) is 0.713. The van der Waals surface area contributed by atoms with Crippen LogP contribution in [0.2, 0.25) is 0 Å². The van der Waals surface area contributed by atoms with Crippen molar-refractivity contribution in [2.24, 2.45) is 0 Å². The Balaban J connectivity index is 2.80. The van der Waals surface area contributed by atoms with E-state index in [1.54, 1.807) is 23.3 Å². The summed E-state index contributed by atoms with van der Waals surface area (Å²) in [5, 5.41) is 1.60. The van der Waals surface area contributed by atoms with Crippen molar-refractivity contribution in [1.29, 1.82) is 0 Å². The number of ether oxygens (including phenoxy) is 1. The second-order valence-corrected chi connectivity index (χ2v) is 3.42. The zero-order chi connectivity index (χ0) is 12.7. The zero-order valence-corrected chi connectivity index (χ0v) is 10.6. The number of hydrogen-bond donors (Lipinski definition) is 0. The third-order valence-electron chi connectivity index (χ3n) is 2.32. The molecule has 0 N–H and O–H groups in total. The van der Waals surface area contributed by atoms with E-state index in [0.717, 1.165) is 0 Å². The first-order valence-corrected chi connectivity index (χ1v) is 5.91. The van der Waals surface area contributed by atoms with E-state index in [4.69, 9.17) is 9.57 Å². The van der Waals surface area contributed by atoms with E-state index >= 15 is 0 Å². The Hall–Kier alpha value is -1.55. The van der Waals surface area contributed by atoms with Gasteiger partial charge in [0.15, 0.2) is 0 Å². The normalized spacial score (nSPS) is 10.4. The molecular weight excluding hydrogens is 218 g/mol. The first-order valence-electron chi connectivity index (χ1n) is 5.91. The molecule has 0 heterocycles. The van der Waals surface area contributed by atoms with Crippen LogP contribution in [0.25, 0.3) is 0 Å². The van der Waals surface area contributed by atoms with Crippen LogP contribution >= 0.6 is 0 Å². The van der Waals surface area contributed by atoms with Crippen molar-refractivity contribution in [1.82, 2.24) is 5.06 Å². The predicted octanol–water partition coefficient (Wildman–Crippen LogP) is 2.50. The standard InChI is InChI=1S/C13H19NO3/c1-4-14(5-2)17-13(15)11-9-7-8-10-12(11)16-6-3/h7-10H,4-6H2,1-3H3. The van der Waals surface area contributed by atoms with Gasteiger partial charge >= 0.3 is 5.97 Å². The number of nitrogens with zero attached hydrogens (tertiary/aromatic N) is 1. The molecule has 0 radical (unpaired) electrons. The minimum absolute atomic E-state index is 0.377. The first kappa shape index (κ1) is 13.5. The van der Waals surface area contributed by atoms with Crippen LogP contribution in [0.15, 0.2) is 24.3 Å². The van der Waals surface area contributed by atoms with Gasteiger partial charge in [-0.15, -0.1) is 5.06 Å². The minimum atomic E-state index is -0.377. The molecule has 0 saturated carbocycles. The fourth-order valence-electron chi connectivity index (χ4n) is 1.44. The first-order chi connectivity index (χ1) is 8.22. The highest BCUT2D eigenvalue weighted by atomic mass is 16.7. The van der Waals surface area contributed by atoms with E-state index in [0.29, 0.717) is 31.0 Å². The number of para-hydroxylation sites is 1. The van der Waals surface area contributed by atoms with Gasteiger partial charge in [-0.3, -0.25) is 0 Å². The molecule has 4 nitrogen and oxygen atoms in total. The predicted molar refractivity (Wildman–Crippen MR) is 65.9 cm³/mol. The van der Waals surface area contributed by atoms with Crippen molar-refractivity contribution in [2.45, 2.75) is 20.8 Å². The molecule has 0 aromatic heterocycles. The molecule has 94 valence electrons. The summed E-state index contributed by atoms with van der Waals surface area (Å²) in [6.07, 6.45) is 0. The van der Waals surface area contributed by atoms with E-state index in [1.807, 2.05) is 26.8 Å². The molecule has 0 spiro atoms. The number of hydroxylamine groups is 2. The van der Waals surface area contributed by atoms with Gasteiger partial charge in [-0.05, 0) is 32.9 Å². The van der Waals surface area contributed by atoms with Crippen molar-refractivity contribution in [3.8, 4) is 5.75 Å². The summed E-state index contributed by atoms with van der Waals surface area (Å²) in [6, 6.07) is 7.10. The molecule has 0 amide bonds. The van der Waals surface area contributed by atoms with Gasteiger partial charge in [-0.1, -0.05) is 12.1 Å². The third-order valence-corrected chi connectivity index (χ3v) is 2.32. The van der Waals surface area contributed by atoms with Gasteiger partial charge in [0.1, 0.15) is 11.3 Å². The van der Waals surface area contributed by atoms with Crippen molar-refractivity contribution >= 4 is 5.97 Å². The lowest BCUT2D eigenvalue weighted by atomic mass is 10.2. The molecule has 0 fully saturated rings. The molecule has 0 saturated heterocycles. The van der Waals surface area contributed by atoms with Crippen LogP contribution in [0.1, 0.15) is 31.1 Å². The van der Waals surface area contributed by atoms with Gasteiger partial charge in [0, 0.05) is 13.1 Å². The lowest BCUT2D eigenvalue weighted by molar-refractivity contribution is -0.103. The summed E-state index contributed by atoms with van der Waals surface area (Å²) in [5.41, 5.74) is 0.459. The zero-order valence-electron chi connectivity index (χ0n) is 10.6. The largest absolute Gasteiger partial charge is 0.493 e. The second-order valence-electron chi connectivity index (χ2n) is 3.42. The van der Waals surface area contributed by atoms with E-state index in [-0.39, 0.29) is 5.97 Å². The van der Waals surface area contributed by atoms with Crippen molar-refractivity contribution in [2.75, 3.05) is 19.7 Å². The van der Waals surface area contributed by atoms with Crippen molar-refractivity contribution < 1.29 is 14.4 Å². The second kappa shape index (κ2) is 6.91. The topological polar surface area (TPSA) is 38.8 Å². The van der Waals surface area contributed by atoms with Gasteiger partial charge in [0.25, 0.3) is 0 Å². The Bertz CT molecular complexity index is 361. The van der Waals surface area contributed by atoms with Gasteiger partial charge in [0.05, 0.1) is 6.61 Å². The molecule has 0 unspecified atom stereocenters. The van der Waals surface area contributed by atoms with Crippen LogP contribution in [0.4, 0.5) is 0 Å². The highest BCUT2D eigenvalue weighted by Gasteiger charge is 2.15. The number of carbonyl (C=O) groups excluding carboxylic acids is 1. The van der Waals surface area contributed by atoms with Crippen LogP contribution in [-0.2, 0) is 4.84 Å². The maximum atomic E-state index is 11.9. The Labute approximate surface area is 102 Å². The number of hydrogen-bond acceptors (Lipinski definition) is 4. The van der Waals surface area contributed by atoms with Crippen LogP contribution in [0.5, 0.6) is 5.75 Å². The minimum Gasteiger partial charge on any atom is -0.493 e. The molecule has 1 rings (SSSR count). The molecular formula is C13H19NO3. The third kappa shape index (κ3) is 3.75. The van der Waals surface area contributed by atoms with Crippen LogP contribution < -0.4 is 4.74 Å². The SMILES string of the molecule is CCOc1ccccc1C(=O)ON(CC)CC. The van der Waals surface area contributed by atoms with E-state index < -0.39 is 0 Å². The van der Waals surface area contributed by atoms with E-state index in [2.05, 4.69) is 0 Å². The molecule has 0 atom stereocenters. The highest BCUT2D eigenvalue weighted by Crippen LogP contribution is 2.19. The smallest absolute Gasteiger partial charge is 0.360 e. The lowest BCUT2D eigenvalue weighted by Crippen LogP contribution is -2.27. The molecule has 1 aromatic carbocycles. The monoisotopic (exact) mass is 237 g/mol. The van der Waals surface area contributed by atoms with Gasteiger partial charge in [-0.25, -0.2) is 4.79 Å². The van der Waals surface area contributed by atoms with Gasteiger partial charge < -0.3 is 9.57 Å². The summed E-state index contributed by atoms with van der Waals surface area (Å²) >= 11 is 0. The molecule has 0 aliphatic rings. The summed E-state index contributed by atoms with van der Waals surface area (Å²) in [4.78, 5) is 17.2. The summed E-state index contributed by atoms with van der Waals surface area (Å²) in [7, 11) is 0. The summed E-state index contributed by atoms with van der Waals surface area (Å²) < 4.78 is 5.39. The maximum Gasteiger partial charge on any atom is 0.360 e. The summed E-state index contributed by atoms with van der Waals surface area (Å²) in [5.74, 6) is 0.185. The molecule has 4 heteroatoms. The van der Waals surface area contributed by atoms with E-state index in [9.17, 15) is 4.79 Å². The molecule has 17 heavy (non-hydrogen) atoms. The van der Waals surface area contributed by atoms with Crippen LogP contribution in [0.3, 0.4) is 0 Å². The number of carbonyl (C=O) groups is 1. The van der Waals surface area contributed by atoms with Crippen LogP contribution in [-0.4, -0.2) is 30.7 Å². The molecule has 1 aromatic rings. The average molecular weight is 237 g/mol. The molecule has 0 bridgehead atoms. The Morgan fingerprint density at radius 3 is 2.41 bits per heavy atom. The average Bonchev–Trinajstić information content (AvgIpc) is 2.36. The molecule has 0 aliphatic carbocycles. The Morgan fingerprint density at radius 2 is 1.82 bits per heavy atom. The van der Waals surface area contributed by atoms with Crippen molar-refractivity contribution in [3.63, 3.8) is 0 Å². The lowest BCUT2D eigenvalue weighted by Gasteiger charge is -2.18. The van der Waals surface area contributed by atoms with Crippen molar-refractivity contribution in [3.05, 3.63) is 29.8 Å². The Kier molecular flexibility index (Phi) is 5.49. The molecule has 0 aliphatic heterocycles. The Morgan fingerprint density at radius 1 is 1.18 bits per heavy atom. The van der Waals surface area contributed by atoms with Crippen LogP contribution in [0, 0.1) is 0 Å². The fourth-order valence-corrected chi connectivity index (χ4v) is 1.44. The number of rotatable bonds is 6. The highest BCUT2D eigenvalue weighted by molar-refractivity contribution is 5.92. The van der Waals surface area contributed by atoms with E-state index in [1.165, 1.54) is 0 Å². The summed E-state index contributed by atoms with van der Waals surface area (Å²) in [6.45, 7) is 7.61. The number of benzene rings is 1. The fraction of sp³-hybridized carbons (Fsp3) is 0.462. The van der Waals surface area contributed by atoms with Gasteiger partial charge in [-0.2, -0.15) is 0 Å². The maximum absolute atomic E-state index is 11.9. The van der Waals surface area contributed by atoms with Gasteiger partial charge in [0.2, 0.25) is 0 Å².